The first-order valence-electron chi connectivity index (χ1n) is 7.27. The molecule has 25 heavy (non-hydrogen) atoms. The Morgan fingerprint density at radius 1 is 1.28 bits per heavy atom. The van der Waals surface area contributed by atoms with E-state index in [-0.39, 0.29) is 17.8 Å². The number of carbonyl (C=O) groups is 1. The summed E-state index contributed by atoms with van der Waals surface area (Å²) in [5.74, 6) is -0.497. The van der Waals surface area contributed by atoms with E-state index in [0.29, 0.717) is 17.2 Å². The number of rotatable bonds is 6. The Bertz CT molecular complexity index is 980. The van der Waals surface area contributed by atoms with Gasteiger partial charge in [0.25, 0.3) is 17.2 Å². The van der Waals surface area contributed by atoms with Crippen molar-refractivity contribution in [2.45, 2.75) is 0 Å². The number of nitro groups is 1. The lowest BCUT2D eigenvalue weighted by Gasteiger charge is -2.07. The summed E-state index contributed by atoms with van der Waals surface area (Å²) in [5, 5.41) is 18.0. The van der Waals surface area contributed by atoms with Gasteiger partial charge in [-0.25, -0.2) is 4.98 Å². The van der Waals surface area contributed by atoms with Crippen molar-refractivity contribution in [2.24, 2.45) is 0 Å². The maximum Gasteiger partial charge on any atom is 0.271 e. The van der Waals surface area contributed by atoms with E-state index in [9.17, 15) is 19.7 Å². The first kappa shape index (κ1) is 16.6. The highest BCUT2D eigenvalue weighted by molar-refractivity contribution is 7.15. The van der Waals surface area contributed by atoms with Gasteiger partial charge >= 0.3 is 0 Å². The number of fused-ring (bicyclic) bond motifs is 1. The first-order valence-corrected chi connectivity index (χ1v) is 8.15. The number of amides is 1. The number of nitro benzene ring substituents is 1. The zero-order valence-corrected chi connectivity index (χ0v) is 13.7. The Morgan fingerprint density at radius 3 is 2.76 bits per heavy atom. The fourth-order valence-electron chi connectivity index (χ4n) is 2.16. The Hall–Kier alpha value is -3.27. The number of anilines is 1. The number of carbonyl (C=O) groups excluding carboxylic acids is 1. The van der Waals surface area contributed by atoms with E-state index in [2.05, 4.69) is 15.6 Å². The Morgan fingerprint density at radius 2 is 2.04 bits per heavy atom. The predicted octanol–water partition coefficient (Wildman–Crippen LogP) is 1.51. The molecule has 0 aliphatic carbocycles. The lowest BCUT2D eigenvalue weighted by atomic mass is 10.3. The van der Waals surface area contributed by atoms with E-state index in [1.807, 2.05) is 0 Å². The molecule has 0 radical (unpaired) electrons. The summed E-state index contributed by atoms with van der Waals surface area (Å²) in [6.07, 6.45) is 2.84. The maximum absolute atomic E-state index is 12.2. The van der Waals surface area contributed by atoms with Gasteiger partial charge in [-0.2, -0.15) is 0 Å². The summed E-state index contributed by atoms with van der Waals surface area (Å²) < 4.78 is 1.33. The van der Waals surface area contributed by atoms with Crippen LogP contribution in [0.2, 0.25) is 0 Å². The predicted molar refractivity (Wildman–Crippen MR) is 93.3 cm³/mol. The number of non-ortho nitro benzene ring substituents is 1. The summed E-state index contributed by atoms with van der Waals surface area (Å²) in [6, 6.07) is 5.95. The van der Waals surface area contributed by atoms with Gasteiger partial charge in [-0.15, -0.1) is 11.3 Å². The van der Waals surface area contributed by atoms with E-state index >= 15 is 0 Å². The molecule has 3 aromatic rings. The second-order valence-electron chi connectivity index (χ2n) is 5.02. The molecule has 1 aromatic carbocycles. The molecule has 0 aliphatic rings. The molecule has 10 heteroatoms. The summed E-state index contributed by atoms with van der Waals surface area (Å²) in [6.45, 7) is 0.681. The third-order valence-corrected chi connectivity index (χ3v) is 4.18. The van der Waals surface area contributed by atoms with Crippen molar-refractivity contribution in [1.82, 2.24) is 14.7 Å². The first-order chi connectivity index (χ1) is 12.1. The monoisotopic (exact) mass is 359 g/mol. The number of nitrogens with one attached hydrogen (secondary N) is 2. The van der Waals surface area contributed by atoms with Crippen molar-refractivity contribution in [2.75, 3.05) is 18.4 Å². The van der Waals surface area contributed by atoms with Crippen LogP contribution >= 0.6 is 11.3 Å². The zero-order chi connectivity index (χ0) is 17.8. The van der Waals surface area contributed by atoms with Crippen LogP contribution in [-0.4, -0.2) is 33.3 Å². The van der Waals surface area contributed by atoms with Gasteiger partial charge in [0.15, 0.2) is 4.96 Å². The van der Waals surface area contributed by atoms with E-state index < -0.39 is 16.4 Å². The Kier molecular flexibility index (Phi) is 4.70. The van der Waals surface area contributed by atoms with Gasteiger partial charge in [-0.1, -0.05) is 0 Å². The number of aromatic nitrogens is 2. The summed E-state index contributed by atoms with van der Waals surface area (Å²) in [5.41, 5.74) is 0.273. The molecule has 2 heterocycles. The highest BCUT2D eigenvalue weighted by Crippen LogP contribution is 2.14. The Balaban J connectivity index is 1.54. The topological polar surface area (TPSA) is 119 Å². The van der Waals surface area contributed by atoms with Gasteiger partial charge < -0.3 is 10.6 Å². The van der Waals surface area contributed by atoms with Gasteiger partial charge in [0.1, 0.15) is 5.56 Å². The van der Waals surface area contributed by atoms with Crippen molar-refractivity contribution in [1.29, 1.82) is 0 Å². The highest BCUT2D eigenvalue weighted by Gasteiger charge is 2.13. The molecule has 2 aromatic heterocycles. The fourth-order valence-corrected chi connectivity index (χ4v) is 2.83. The van der Waals surface area contributed by atoms with E-state index in [0.717, 1.165) is 0 Å². The van der Waals surface area contributed by atoms with Gasteiger partial charge in [-0.05, 0) is 12.1 Å². The molecule has 0 spiro atoms. The quantitative estimate of drug-likeness (QED) is 0.391. The largest absolute Gasteiger partial charge is 0.383 e. The standard InChI is InChI=1S/C15H13N5O4S/c21-13(12-9-18-15-19(14(12)22)7-8-25-15)17-6-5-16-10-1-3-11(4-2-10)20(23)24/h1-4,7-9,16H,5-6H2,(H,17,21). The molecular formula is C15H13N5O4S. The molecule has 9 nitrogen and oxygen atoms in total. The van der Waals surface area contributed by atoms with E-state index in [1.54, 1.807) is 23.7 Å². The van der Waals surface area contributed by atoms with Gasteiger partial charge in [0.2, 0.25) is 0 Å². The van der Waals surface area contributed by atoms with Gasteiger partial charge in [-0.3, -0.25) is 24.1 Å². The third kappa shape index (κ3) is 3.63. The van der Waals surface area contributed by atoms with Gasteiger partial charge in [0, 0.05) is 48.7 Å². The highest BCUT2D eigenvalue weighted by atomic mass is 32.1. The van der Waals surface area contributed by atoms with Gasteiger partial charge in [0.05, 0.1) is 4.92 Å². The van der Waals surface area contributed by atoms with Crippen molar-refractivity contribution in [3.63, 3.8) is 0 Å². The molecule has 0 saturated carbocycles. The number of hydrogen-bond donors (Lipinski definition) is 2. The molecular weight excluding hydrogens is 346 g/mol. The minimum atomic E-state index is -0.497. The van der Waals surface area contributed by atoms with Crippen molar-refractivity contribution in [3.05, 3.63) is 68.1 Å². The maximum atomic E-state index is 12.2. The summed E-state index contributed by atoms with van der Waals surface area (Å²) in [4.78, 5) is 39.0. The third-order valence-electron chi connectivity index (χ3n) is 3.41. The smallest absolute Gasteiger partial charge is 0.271 e. The molecule has 0 unspecified atom stereocenters. The minimum absolute atomic E-state index is 0.00986. The van der Waals surface area contributed by atoms with Crippen LogP contribution < -0.4 is 16.2 Å². The van der Waals surface area contributed by atoms with Crippen molar-refractivity contribution < 1.29 is 9.72 Å². The number of nitrogens with zero attached hydrogens (tertiary/aromatic N) is 3. The second kappa shape index (κ2) is 7.09. The fraction of sp³-hybridized carbons (Fsp3) is 0.133. The van der Waals surface area contributed by atoms with Crippen LogP contribution in [0, 0.1) is 10.1 Å². The lowest BCUT2D eigenvalue weighted by Crippen LogP contribution is -2.33. The Labute approximate surface area is 145 Å². The SMILES string of the molecule is O=C(NCCNc1ccc([N+](=O)[O-])cc1)c1cnc2sccn2c1=O. The molecule has 3 rings (SSSR count). The molecule has 0 saturated heterocycles. The van der Waals surface area contributed by atoms with E-state index in [4.69, 9.17) is 0 Å². The van der Waals surface area contributed by atoms with Crippen LogP contribution in [0.1, 0.15) is 10.4 Å². The average Bonchev–Trinajstić information content (AvgIpc) is 3.09. The normalized spacial score (nSPS) is 10.6. The van der Waals surface area contributed by atoms with Crippen LogP contribution in [0.3, 0.4) is 0 Å². The number of thiazole rings is 1. The van der Waals surface area contributed by atoms with Crippen LogP contribution in [-0.2, 0) is 0 Å². The van der Waals surface area contributed by atoms with Crippen molar-refractivity contribution >= 4 is 33.6 Å². The summed E-state index contributed by atoms with van der Waals surface area (Å²) >= 11 is 1.31. The number of benzene rings is 1. The second-order valence-corrected chi connectivity index (χ2v) is 5.89. The summed E-state index contributed by atoms with van der Waals surface area (Å²) in [7, 11) is 0. The van der Waals surface area contributed by atoms with Crippen molar-refractivity contribution in [3.8, 4) is 0 Å². The van der Waals surface area contributed by atoms with Crippen LogP contribution in [0.4, 0.5) is 11.4 Å². The molecule has 0 bridgehead atoms. The van der Waals surface area contributed by atoms with Crippen LogP contribution in [0.15, 0.2) is 46.8 Å². The minimum Gasteiger partial charge on any atom is -0.383 e. The molecule has 128 valence electrons. The van der Waals surface area contributed by atoms with Crippen LogP contribution in [0.5, 0.6) is 0 Å². The molecule has 0 atom stereocenters. The lowest BCUT2D eigenvalue weighted by molar-refractivity contribution is -0.384. The molecule has 0 aliphatic heterocycles. The van der Waals surface area contributed by atoms with E-state index in [1.165, 1.54) is 34.1 Å². The molecule has 2 N–H and O–H groups in total. The van der Waals surface area contributed by atoms with Crippen LogP contribution in [0.25, 0.3) is 4.96 Å². The number of hydrogen-bond acceptors (Lipinski definition) is 7. The molecule has 1 amide bonds. The zero-order valence-electron chi connectivity index (χ0n) is 12.8. The average molecular weight is 359 g/mol. The molecule has 0 fully saturated rings.